The molecule has 1 aromatic carbocycles. The molecule has 0 radical (unpaired) electrons. The summed E-state index contributed by atoms with van der Waals surface area (Å²) in [6, 6.07) is 4.77. The van der Waals surface area contributed by atoms with Crippen molar-refractivity contribution in [3.63, 3.8) is 0 Å². The predicted octanol–water partition coefficient (Wildman–Crippen LogP) is 4.32. The van der Waals surface area contributed by atoms with E-state index in [0.29, 0.717) is 12.4 Å². The first kappa shape index (κ1) is 15.2. The third-order valence-electron chi connectivity index (χ3n) is 4.90. The summed E-state index contributed by atoms with van der Waals surface area (Å²) in [4.78, 5) is 2.62. The van der Waals surface area contributed by atoms with Gasteiger partial charge in [0.15, 0.2) is 11.5 Å². The van der Waals surface area contributed by atoms with Crippen LogP contribution in [0.25, 0.3) is 0 Å². The van der Waals surface area contributed by atoms with Crippen molar-refractivity contribution >= 4 is 15.9 Å². The Morgan fingerprint density at radius 3 is 2.90 bits per heavy atom. The van der Waals surface area contributed by atoms with E-state index in [4.69, 9.17) is 4.74 Å². The summed E-state index contributed by atoms with van der Waals surface area (Å²) < 4.78 is 6.26. The number of phenolic OH excluding ortho intramolecular Hbond substituents is 1. The lowest BCUT2D eigenvalue weighted by molar-refractivity contribution is 0.175. The molecule has 21 heavy (non-hydrogen) atoms. The van der Waals surface area contributed by atoms with Gasteiger partial charge in [-0.1, -0.05) is 12.8 Å². The molecule has 0 aromatic heterocycles. The van der Waals surface area contributed by atoms with E-state index in [1.165, 1.54) is 44.2 Å². The monoisotopic (exact) mass is 353 g/mol. The fourth-order valence-corrected chi connectivity index (χ4v) is 4.41. The summed E-state index contributed by atoms with van der Waals surface area (Å²) in [5.41, 5.74) is 1.22. The average Bonchev–Trinajstić information content (AvgIpc) is 2.88. The van der Waals surface area contributed by atoms with Crippen LogP contribution < -0.4 is 4.74 Å². The third-order valence-corrected chi connectivity index (χ3v) is 5.50. The maximum Gasteiger partial charge on any atom is 0.172 e. The minimum atomic E-state index is 0.206. The van der Waals surface area contributed by atoms with E-state index in [9.17, 15) is 5.11 Å². The Balaban J connectivity index is 1.75. The van der Waals surface area contributed by atoms with Gasteiger partial charge in [-0.2, -0.15) is 0 Å². The van der Waals surface area contributed by atoms with Crippen LogP contribution in [-0.2, 0) is 6.54 Å². The van der Waals surface area contributed by atoms with Gasteiger partial charge >= 0.3 is 0 Å². The Labute approximate surface area is 135 Å². The molecule has 1 saturated carbocycles. The summed E-state index contributed by atoms with van der Waals surface area (Å²) in [6.07, 6.45) is 6.89. The summed E-state index contributed by atoms with van der Waals surface area (Å²) in [7, 11) is 0. The zero-order valence-electron chi connectivity index (χ0n) is 12.6. The summed E-state index contributed by atoms with van der Waals surface area (Å²) >= 11 is 3.44. The van der Waals surface area contributed by atoms with Crippen LogP contribution in [0.1, 0.15) is 44.6 Å². The van der Waals surface area contributed by atoms with Crippen LogP contribution in [0.4, 0.5) is 0 Å². The largest absolute Gasteiger partial charge is 0.503 e. The highest BCUT2D eigenvalue weighted by Gasteiger charge is 2.35. The van der Waals surface area contributed by atoms with Crippen LogP contribution in [0.15, 0.2) is 16.6 Å². The van der Waals surface area contributed by atoms with Crippen LogP contribution in [-0.4, -0.2) is 29.2 Å². The number of rotatable bonds is 4. The van der Waals surface area contributed by atoms with Crippen LogP contribution in [0.5, 0.6) is 11.5 Å². The quantitative estimate of drug-likeness (QED) is 0.874. The van der Waals surface area contributed by atoms with Crippen molar-refractivity contribution in [1.82, 2.24) is 4.90 Å². The standard InChI is InChI=1S/C17H24BrNO2/c1-2-21-16-10-12(9-14(18)17(16)20)11-19-8-7-13-5-3-4-6-15(13)19/h9-10,13,15,20H,2-8,11H2,1H3. The lowest BCUT2D eigenvalue weighted by Crippen LogP contribution is -2.34. The molecule has 2 fully saturated rings. The van der Waals surface area contributed by atoms with Crippen molar-refractivity contribution in [2.45, 2.75) is 51.6 Å². The van der Waals surface area contributed by atoms with E-state index in [-0.39, 0.29) is 5.75 Å². The second-order valence-corrected chi connectivity index (χ2v) is 7.08. The van der Waals surface area contributed by atoms with E-state index in [1.54, 1.807) is 0 Å². The number of phenols is 1. The minimum absolute atomic E-state index is 0.206. The van der Waals surface area contributed by atoms with E-state index >= 15 is 0 Å². The number of hydrogen-bond acceptors (Lipinski definition) is 3. The zero-order valence-corrected chi connectivity index (χ0v) is 14.2. The van der Waals surface area contributed by atoms with Gasteiger partial charge in [-0.3, -0.25) is 4.90 Å². The number of benzene rings is 1. The molecule has 116 valence electrons. The van der Waals surface area contributed by atoms with Gasteiger partial charge in [0.1, 0.15) is 0 Å². The number of nitrogens with zero attached hydrogens (tertiary/aromatic N) is 1. The number of likely N-dealkylation sites (tertiary alicyclic amines) is 1. The van der Waals surface area contributed by atoms with Crippen LogP contribution in [0, 0.1) is 5.92 Å². The molecule has 1 aliphatic carbocycles. The van der Waals surface area contributed by atoms with Crippen molar-refractivity contribution in [2.24, 2.45) is 5.92 Å². The second-order valence-electron chi connectivity index (χ2n) is 6.23. The first-order chi connectivity index (χ1) is 10.2. The molecular weight excluding hydrogens is 330 g/mol. The number of halogens is 1. The van der Waals surface area contributed by atoms with Gasteiger partial charge in [0.05, 0.1) is 11.1 Å². The second kappa shape index (κ2) is 6.57. The molecule has 1 aromatic rings. The Bertz CT molecular complexity index is 506. The highest BCUT2D eigenvalue weighted by Crippen LogP contribution is 2.39. The summed E-state index contributed by atoms with van der Waals surface area (Å²) in [6.45, 7) is 4.67. The van der Waals surface area contributed by atoms with E-state index in [0.717, 1.165) is 23.0 Å². The first-order valence-electron chi connectivity index (χ1n) is 8.07. The predicted molar refractivity (Wildman–Crippen MR) is 87.7 cm³/mol. The van der Waals surface area contributed by atoms with E-state index in [2.05, 4.69) is 20.8 Å². The van der Waals surface area contributed by atoms with E-state index in [1.807, 2.05) is 19.1 Å². The molecule has 4 heteroatoms. The number of aromatic hydroxyl groups is 1. The maximum atomic E-state index is 10.0. The number of ether oxygens (including phenoxy) is 1. The van der Waals surface area contributed by atoms with Crippen molar-refractivity contribution in [1.29, 1.82) is 0 Å². The Morgan fingerprint density at radius 2 is 2.10 bits per heavy atom. The van der Waals surface area contributed by atoms with Crippen LogP contribution in [0.2, 0.25) is 0 Å². The zero-order chi connectivity index (χ0) is 14.8. The molecule has 1 aliphatic heterocycles. The third kappa shape index (κ3) is 3.21. The molecule has 0 bridgehead atoms. The summed E-state index contributed by atoms with van der Waals surface area (Å²) in [5.74, 6) is 1.70. The molecule has 1 N–H and O–H groups in total. The molecule has 2 unspecified atom stereocenters. The van der Waals surface area contributed by atoms with Gasteiger partial charge in [-0.05, 0) is 72.3 Å². The number of fused-ring (bicyclic) bond motifs is 1. The molecular formula is C17H24BrNO2. The van der Waals surface area contributed by atoms with E-state index < -0.39 is 0 Å². The molecule has 1 saturated heterocycles. The number of hydrogen-bond donors (Lipinski definition) is 1. The molecule has 2 aliphatic rings. The molecule has 3 nitrogen and oxygen atoms in total. The van der Waals surface area contributed by atoms with Gasteiger partial charge in [0, 0.05) is 12.6 Å². The van der Waals surface area contributed by atoms with Gasteiger partial charge in [0.25, 0.3) is 0 Å². The van der Waals surface area contributed by atoms with Gasteiger partial charge < -0.3 is 9.84 Å². The van der Waals surface area contributed by atoms with Crippen molar-refractivity contribution < 1.29 is 9.84 Å². The van der Waals surface area contributed by atoms with Crippen LogP contribution in [0.3, 0.4) is 0 Å². The van der Waals surface area contributed by atoms with Crippen LogP contribution >= 0.6 is 15.9 Å². The van der Waals surface area contributed by atoms with Crippen molar-refractivity contribution in [3.05, 3.63) is 22.2 Å². The molecule has 0 amide bonds. The molecule has 2 atom stereocenters. The Hall–Kier alpha value is -0.740. The molecule has 3 rings (SSSR count). The highest BCUT2D eigenvalue weighted by molar-refractivity contribution is 9.10. The fourth-order valence-electron chi connectivity index (χ4n) is 3.92. The average molecular weight is 354 g/mol. The van der Waals surface area contributed by atoms with Crippen molar-refractivity contribution in [2.75, 3.05) is 13.2 Å². The van der Waals surface area contributed by atoms with Gasteiger partial charge in [-0.15, -0.1) is 0 Å². The topological polar surface area (TPSA) is 32.7 Å². The smallest absolute Gasteiger partial charge is 0.172 e. The van der Waals surface area contributed by atoms with Gasteiger partial charge in [-0.25, -0.2) is 0 Å². The normalized spacial score (nSPS) is 25.8. The summed E-state index contributed by atoms with van der Waals surface area (Å²) in [5, 5.41) is 10.0. The lowest BCUT2D eigenvalue weighted by atomic mass is 9.85. The first-order valence-corrected chi connectivity index (χ1v) is 8.86. The maximum absolute atomic E-state index is 10.0. The van der Waals surface area contributed by atoms with Crippen molar-refractivity contribution in [3.8, 4) is 11.5 Å². The van der Waals surface area contributed by atoms with Gasteiger partial charge in [0.2, 0.25) is 0 Å². The molecule has 1 heterocycles. The SMILES string of the molecule is CCOc1cc(CN2CCC3CCCCC32)cc(Br)c1O. The minimum Gasteiger partial charge on any atom is -0.503 e. The Morgan fingerprint density at radius 1 is 1.29 bits per heavy atom. The Kier molecular flexibility index (Phi) is 4.75. The molecule has 0 spiro atoms. The fraction of sp³-hybridized carbons (Fsp3) is 0.647. The highest BCUT2D eigenvalue weighted by atomic mass is 79.9. The lowest BCUT2D eigenvalue weighted by Gasteiger charge is -2.31.